The summed E-state index contributed by atoms with van der Waals surface area (Å²) in [4.78, 5) is 30.3. The first-order valence-corrected chi connectivity index (χ1v) is 11.0. The number of benzene rings is 1. The van der Waals surface area contributed by atoms with Crippen molar-refractivity contribution in [2.75, 3.05) is 25.0 Å². The molecule has 6 heteroatoms. The number of rotatable bonds is 5. The summed E-state index contributed by atoms with van der Waals surface area (Å²) in [5.41, 5.74) is 2.40. The van der Waals surface area contributed by atoms with E-state index >= 15 is 0 Å². The third-order valence-electron chi connectivity index (χ3n) is 5.71. The Morgan fingerprint density at radius 3 is 2.43 bits per heavy atom. The first-order chi connectivity index (χ1) is 13.7. The molecular formula is C22H27N3O2S. The minimum Gasteiger partial charge on any atom is -0.382 e. The number of piperidine rings is 1. The van der Waals surface area contributed by atoms with Gasteiger partial charge in [0.05, 0.1) is 0 Å². The molecule has 1 N–H and O–H groups in total. The van der Waals surface area contributed by atoms with Crippen molar-refractivity contribution in [1.82, 2.24) is 9.80 Å². The normalized spacial score (nSPS) is 17.3. The van der Waals surface area contributed by atoms with Gasteiger partial charge >= 0.3 is 0 Å². The van der Waals surface area contributed by atoms with Gasteiger partial charge in [-0.3, -0.25) is 9.59 Å². The van der Waals surface area contributed by atoms with Crippen molar-refractivity contribution in [1.29, 1.82) is 0 Å². The molecule has 0 atom stereocenters. The quantitative estimate of drug-likeness (QED) is 0.840. The summed E-state index contributed by atoms with van der Waals surface area (Å²) < 4.78 is 0. The van der Waals surface area contributed by atoms with Gasteiger partial charge in [-0.1, -0.05) is 18.2 Å². The Labute approximate surface area is 170 Å². The number of para-hydroxylation sites is 1. The fourth-order valence-corrected chi connectivity index (χ4v) is 4.92. The molecule has 3 heterocycles. The van der Waals surface area contributed by atoms with Crippen LogP contribution in [0.4, 0.5) is 5.69 Å². The number of thiophene rings is 1. The molecule has 2 aromatic rings. The average molecular weight is 398 g/mol. The predicted octanol–water partition coefficient (Wildman–Crippen LogP) is 3.52. The first kappa shape index (κ1) is 19.0. The minimum atomic E-state index is 0.103. The van der Waals surface area contributed by atoms with Gasteiger partial charge in [-0.05, 0) is 48.4 Å². The first-order valence-electron chi connectivity index (χ1n) is 10.1. The number of anilines is 1. The number of hydrogen-bond donors (Lipinski definition) is 1. The molecule has 2 aliphatic heterocycles. The van der Waals surface area contributed by atoms with Crippen LogP contribution >= 0.6 is 11.3 Å². The molecule has 1 fully saturated rings. The SMILES string of the molecule is O=C(CCC(=O)N1CCc2sccc2C1)N1CCC(Nc2ccccc2)CC1. The Bertz CT molecular complexity index is 812. The van der Waals surface area contributed by atoms with Crippen LogP contribution in [0.15, 0.2) is 41.8 Å². The fraction of sp³-hybridized carbons (Fsp3) is 0.455. The lowest BCUT2D eigenvalue weighted by Gasteiger charge is -2.33. The fourth-order valence-electron chi connectivity index (χ4n) is 4.03. The predicted molar refractivity (Wildman–Crippen MR) is 112 cm³/mol. The number of carbonyl (C=O) groups is 2. The topological polar surface area (TPSA) is 52.7 Å². The van der Waals surface area contributed by atoms with Crippen LogP contribution in [-0.2, 0) is 22.6 Å². The maximum absolute atomic E-state index is 12.5. The second-order valence-corrected chi connectivity index (χ2v) is 8.60. The lowest BCUT2D eigenvalue weighted by Crippen LogP contribution is -2.43. The van der Waals surface area contributed by atoms with Crippen molar-refractivity contribution in [3.8, 4) is 0 Å². The van der Waals surface area contributed by atoms with Gasteiger partial charge in [0.1, 0.15) is 0 Å². The largest absolute Gasteiger partial charge is 0.382 e. The molecule has 148 valence electrons. The molecule has 1 saturated heterocycles. The highest BCUT2D eigenvalue weighted by Crippen LogP contribution is 2.24. The van der Waals surface area contributed by atoms with Crippen LogP contribution in [0, 0.1) is 0 Å². The smallest absolute Gasteiger partial charge is 0.223 e. The standard InChI is InChI=1S/C22H27N3O2S/c26-21(6-7-22(27)25-14-10-20-17(16-25)11-15-28-20)24-12-8-19(9-13-24)23-18-4-2-1-3-5-18/h1-5,11,15,19,23H,6-10,12-14,16H2. The Balaban J connectivity index is 1.19. The van der Waals surface area contributed by atoms with Crippen molar-refractivity contribution in [3.05, 3.63) is 52.2 Å². The summed E-state index contributed by atoms with van der Waals surface area (Å²) in [7, 11) is 0. The van der Waals surface area contributed by atoms with Gasteiger partial charge in [-0.15, -0.1) is 11.3 Å². The van der Waals surface area contributed by atoms with E-state index in [0.717, 1.165) is 44.6 Å². The van der Waals surface area contributed by atoms with Crippen molar-refractivity contribution in [2.24, 2.45) is 0 Å². The minimum absolute atomic E-state index is 0.103. The number of nitrogens with one attached hydrogen (secondary N) is 1. The molecule has 1 aromatic heterocycles. The second-order valence-electron chi connectivity index (χ2n) is 7.60. The summed E-state index contributed by atoms with van der Waals surface area (Å²) in [6.45, 7) is 3.00. The maximum atomic E-state index is 12.5. The third-order valence-corrected chi connectivity index (χ3v) is 6.73. The summed E-state index contributed by atoms with van der Waals surface area (Å²) in [5.74, 6) is 0.213. The van der Waals surface area contributed by atoms with Crippen molar-refractivity contribution in [3.63, 3.8) is 0 Å². The summed E-state index contributed by atoms with van der Waals surface area (Å²) >= 11 is 1.77. The van der Waals surface area contributed by atoms with Gasteiger partial charge in [0, 0.05) is 55.6 Å². The van der Waals surface area contributed by atoms with Gasteiger partial charge in [0.15, 0.2) is 0 Å². The van der Waals surface area contributed by atoms with E-state index in [-0.39, 0.29) is 11.8 Å². The van der Waals surface area contributed by atoms with Gasteiger partial charge in [0.25, 0.3) is 0 Å². The van der Waals surface area contributed by atoms with Crippen molar-refractivity contribution in [2.45, 2.75) is 44.7 Å². The molecule has 0 aliphatic carbocycles. The zero-order valence-corrected chi connectivity index (χ0v) is 16.9. The van der Waals surface area contributed by atoms with Gasteiger partial charge in [0.2, 0.25) is 11.8 Å². The van der Waals surface area contributed by atoms with Gasteiger partial charge in [-0.25, -0.2) is 0 Å². The molecule has 1 aromatic carbocycles. The number of amides is 2. The Morgan fingerprint density at radius 1 is 0.964 bits per heavy atom. The summed E-state index contributed by atoms with van der Waals surface area (Å²) in [6, 6.07) is 12.7. The molecule has 0 saturated carbocycles. The summed E-state index contributed by atoms with van der Waals surface area (Å²) in [5, 5.41) is 5.64. The van der Waals surface area contributed by atoms with E-state index in [4.69, 9.17) is 0 Å². The number of fused-ring (bicyclic) bond motifs is 1. The zero-order chi connectivity index (χ0) is 19.3. The molecule has 2 aliphatic rings. The van der Waals surface area contributed by atoms with Crippen LogP contribution in [0.25, 0.3) is 0 Å². The molecule has 0 spiro atoms. The molecule has 0 bridgehead atoms. The Hall–Kier alpha value is -2.34. The highest BCUT2D eigenvalue weighted by atomic mass is 32.1. The summed E-state index contributed by atoms with van der Waals surface area (Å²) in [6.07, 6.45) is 3.47. The third kappa shape index (κ3) is 4.55. The lowest BCUT2D eigenvalue weighted by molar-refractivity contribution is -0.138. The van der Waals surface area contributed by atoms with E-state index < -0.39 is 0 Å². The zero-order valence-electron chi connectivity index (χ0n) is 16.1. The van der Waals surface area contributed by atoms with Gasteiger partial charge < -0.3 is 15.1 Å². The van der Waals surface area contributed by atoms with Crippen molar-refractivity contribution >= 4 is 28.8 Å². The Morgan fingerprint density at radius 2 is 1.68 bits per heavy atom. The highest BCUT2D eigenvalue weighted by Gasteiger charge is 2.25. The van der Waals surface area contributed by atoms with Crippen LogP contribution in [-0.4, -0.2) is 47.3 Å². The molecule has 0 radical (unpaired) electrons. The van der Waals surface area contributed by atoms with E-state index in [1.807, 2.05) is 28.0 Å². The van der Waals surface area contributed by atoms with E-state index in [1.54, 1.807) is 11.3 Å². The van der Waals surface area contributed by atoms with Crippen molar-refractivity contribution < 1.29 is 9.59 Å². The number of hydrogen-bond acceptors (Lipinski definition) is 4. The van der Waals surface area contributed by atoms with Gasteiger partial charge in [-0.2, -0.15) is 0 Å². The number of nitrogens with zero attached hydrogens (tertiary/aromatic N) is 2. The molecule has 2 amide bonds. The van der Waals surface area contributed by atoms with Crippen LogP contribution in [0.3, 0.4) is 0 Å². The van der Waals surface area contributed by atoms with Crippen LogP contribution in [0.2, 0.25) is 0 Å². The van der Waals surface area contributed by atoms with Crippen LogP contribution in [0.1, 0.15) is 36.1 Å². The molecule has 0 unspecified atom stereocenters. The van der Waals surface area contributed by atoms with E-state index in [0.29, 0.717) is 25.4 Å². The lowest BCUT2D eigenvalue weighted by atomic mass is 10.0. The van der Waals surface area contributed by atoms with Crippen LogP contribution < -0.4 is 5.32 Å². The number of carbonyl (C=O) groups excluding carboxylic acids is 2. The molecular weight excluding hydrogens is 370 g/mol. The number of likely N-dealkylation sites (tertiary alicyclic amines) is 1. The Kier molecular flexibility index (Phi) is 5.95. The molecule has 28 heavy (non-hydrogen) atoms. The molecule has 5 nitrogen and oxygen atoms in total. The van der Waals surface area contributed by atoms with E-state index in [2.05, 4.69) is 28.9 Å². The monoisotopic (exact) mass is 397 g/mol. The molecule has 4 rings (SSSR count). The second kappa shape index (κ2) is 8.78. The maximum Gasteiger partial charge on any atom is 0.223 e. The van der Waals surface area contributed by atoms with E-state index in [9.17, 15) is 9.59 Å². The van der Waals surface area contributed by atoms with E-state index in [1.165, 1.54) is 10.4 Å². The average Bonchev–Trinajstić information content (AvgIpc) is 3.21. The highest BCUT2D eigenvalue weighted by molar-refractivity contribution is 7.10. The van der Waals surface area contributed by atoms with Crippen LogP contribution in [0.5, 0.6) is 0 Å².